The van der Waals surface area contributed by atoms with Gasteiger partial charge in [-0.1, -0.05) is 11.6 Å². The van der Waals surface area contributed by atoms with Gasteiger partial charge >= 0.3 is 0 Å². The van der Waals surface area contributed by atoms with E-state index >= 15 is 0 Å². The van der Waals surface area contributed by atoms with Gasteiger partial charge in [0, 0.05) is 24.3 Å². The van der Waals surface area contributed by atoms with Crippen molar-refractivity contribution in [1.82, 2.24) is 15.1 Å². The number of nitrogens with zero attached hydrogens (tertiary/aromatic N) is 2. The summed E-state index contributed by atoms with van der Waals surface area (Å²) < 4.78 is 7.23. The molecule has 5 heteroatoms. The lowest BCUT2D eigenvalue weighted by molar-refractivity contribution is 0.165. The second kappa shape index (κ2) is 7.42. The van der Waals surface area contributed by atoms with Gasteiger partial charge < -0.3 is 15.2 Å². The third-order valence-corrected chi connectivity index (χ3v) is 3.63. The van der Waals surface area contributed by atoms with E-state index in [0.717, 1.165) is 29.0 Å². The molecule has 0 unspecified atom stereocenters. The Bertz CT molecular complexity index is 610. The Kier molecular flexibility index (Phi) is 5.57. The maximum absolute atomic E-state index is 10.4. The van der Waals surface area contributed by atoms with Crippen LogP contribution < -0.4 is 10.1 Å². The van der Waals surface area contributed by atoms with Crippen molar-refractivity contribution in [3.63, 3.8) is 0 Å². The largest absolute Gasteiger partial charge is 0.496 e. The Labute approximate surface area is 131 Å². The van der Waals surface area contributed by atoms with Crippen LogP contribution in [0.2, 0.25) is 0 Å². The maximum atomic E-state index is 10.4. The van der Waals surface area contributed by atoms with Crippen molar-refractivity contribution in [3.8, 4) is 5.75 Å². The highest BCUT2D eigenvalue weighted by Gasteiger charge is 2.14. The number of hydrogen-bond donors (Lipinski definition) is 2. The molecule has 0 bridgehead atoms. The van der Waals surface area contributed by atoms with Crippen LogP contribution in [0.15, 0.2) is 30.6 Å². The first kappa shape index (κ1) is 16.5. The lowest BCUT2D eigenvalue weighted by Crippen LogP contribution is -2.34. The Morgan fingerprint density at radius 2 is 2.09 bits per heavy atom. The quantitative estimate of drug-likeness (QED) is 0.823. The summed E-state index contributed by atoms with van der Waals surface area (Å²) in [6, 6.07) is 6.05. The fraction of sp³-hybridized carbons (Fsp3) is 0.471. The zero-order valence-electron chi connectivity index (χ0n) is 13.7. The average Bonchev–Trinajstić information content (AvgIpc) is 2.89. The predicted molar refractivity (Wildman–Crippen MR) is 87.1 cm³/mol. The molecule has 0 saturated carbocycles. The normalized spacial score (nSPS) is 13.9. The number of ether oxygens (including phenoxy) is 1. The van der Waals surface area contributed by atoms with E-state index in [2.05, 4.69) is 17.3 Å². The van der Waals surface area contributed by atoms with Crippen molar-refractivity contribution in [3.05, 3.63) is 47.3 Å². The third-order valence-electron chi connectivity index (χ3n) is 3.63. The maximum Gasteiger partial charge on any atom is 0.124 e. The summed E-state index contributed by atoms with van der Waals surface area (Å²) in [5, 5.41) is 18.0. The molecule has 22 heavy (non-hydrogen) atoms. The first-order valence-electron chi connectivity index (χ1n) is 7.54. The van der Waals surface area contributed by atoms with Crippen LogP contribution in [0.25, 0.3) is 0 Å². The highest BCUT2D eigenvalue weighted by atomic mass is 16.5. The number of methoxy groups -OCH3 is 1. The minimum absolute atomic E-state index is 0.213. The number of aliphatic hydroxyl groups excluding tert-OH is 1. The fourth-order valence-corrected chi connectivity index (χ4v) is 2.45. The van der Waals surface area contributed by atoms with Crippen LogP contribution in [0.5, 0.6) is 5.75 Å². The monoisotopic (exact) mass is 303 g/mol. The van der Waals surface area contributed by atoms with E-state index in [1.165, 1.54) is 0 Å². The van der Waals surface area contributed by atoms with Gasteiger partial charge in [-0.25, -0.2) is 0 Å². The van der Waals surface area contributed by atoms with Crippen molar-refractivity contribution in [2.75, 3.05) is 13.7 Å². The first-order valence-corrected chi connectivity index (χ1v) is 7.54. The van der Waals surface area contributed by atoms with Crippen molar-refractivity contribution >= 4 is 0 Å². The number of aliphatic hydroxyl groups is 1. The summed E-state index contributed by atoms with van der Waals surface area (Å²) >= 11 is 0. The topological polar surface area (TPSA) is 59.3 Å². The van der Waals surface area contributed by atoms with E-state index in [9.17, 15) is 5.11 Å². The van der Waals surface area contributed by atoms with E-state index < -0.39 is 6.10 Å². The summed E-state index contributed by atoms with van der Waals surface area (Å²) in [4.78, 5) is 0. The van der Waals surface area contributed by atoms with Crippen molar-refractivity contribution in [1.29, 1.82) is 0 Å². The molecule has 1 heterocycles. The SMILES string of the molecule is COc1ccc(C)cc1[C@H](O)CN[C@@H](C)Cn1cc(C)cn1. The predicted octanol–water partition coefficient (Wildman–Crippen LogP) is 2.22. The van der Waals surface area contributed by atoms with Gasteiger partial charge in [0.25, 0.3) is 0 Å². The lowest BCUT2D eigenvalue weighted by atomic mass is 10.0. The summed E-state index contributed by atoms with van der Waals surface area (Å²) in [6.07, 6.45) is 3.26. The number of benzene rings is 1. The Morgan fingerprint density at radius 3 is 2.73 bits per heavy atom. The molecule has 0 aliphatic rings. The van der Waals surface area contributed by atoms with Gasteiger partial charge in [0.15, 0.2) is 0 Å². The molecule has 0 aliphatic heterocycles. The zero-order chi connectivity index (χ0) is 16.1. The fourth-order valence-electron chi connectivity index (χ4n) is 2.45. The highest BCUT2D eigenvalue weighted by molar-refractivity contribution is 5.38. The number of rotatable bonds is 7. The minimum atomic E-state index is -0.600. The van der Waals surface area contributed by atoms with E-state index in [1.807, 2.05) is 49.1 Å². The summed E-state index contributed by atoms with van der Waals surface area (Å²) in [7, 11) is 1.62. The molecule has 1 aromatic heterocycles. The smallest absolute Gasteiger partial charge is 0.124 e. The second-order valence-corrected chi connectivity index (χ2v) is 5.81. The van der Waals surface area contributed by atoms with Gasteiger partial charge in [-0.15, -0.1) is 0 Å². The lowest BCUT2D eigenvalue weighted by Gasteiger charge is -2.19. The molecule has 0 saturated heterocycles. The summed E-state index contributed by atoms with van der Waals surface area (Å²) in [5.41, 5.74) is 3.07. The molecule has 2 aromatic rings. The molecular formula is C17H25N3O2. The van der Waals surface area contributed by atoms with Crippen LogP contribution in [0.1, 0.15) is 29.7 Å². The van der Waals surface area contributed by atoms with E-state index in [0.29, 0.717) is 6.54 Å². The summed E-state index contributed by atoms with van der Waals surface area (Å²) in [5.74, 6) is 0.718. The van der Waals surface area contributed by atoms with Crippen LogP contribution in [-0.4, -0.2) is 34.6 Å². The minimum Gasteiger partial charge on any atom is -0.496 e. The van der Waals surface area contributed by atoms with Crippen molar-refractivity contribution in [2.24, 2.45) is 0 Å². The molecule has 2 rings (SSSR count). The van der Waals surface area contributed by atoms with Crippen LogP contribution in [-0.2, 0) is 6.54 Å². The van der Waals surface area contributed by atoms with Gasteiger partial charge in [-0.05, 0) is 38.5 Å². The molecule has 0 aliphatic carbocycles. The molecule has 2 atom stereocenters. The first-order chi connectivity index (χ1) is 10.5. The van der Waals surface area contributed by atoms with Crippen LogP contribution in [0.4, 0.5) is 0 Å². The Hall–Kier alpha value is -1.85. The molecule has 120 valence electrons. The second-order valence-electron chi connectivity index (χ2n) is 5.81. The Morgan fingerprint density at radius 1 is 1.32 bits per heavy atom. The molecule has 1 aromatic carbocycles. The highest BCUT2D eigenvalue weighted by Crippen LogP contribution is 2.25. The number of aromatic nitrogens is 2. The molecule has 2 N–H and O–H groups in total. The van der Waals surface area contributed by atoms with E-state index in [1.54, 1.807) is 7.11 Å². The number of aryl methyl sites for hydroxylation is 2. The zero-order valence-corrected chi connectivity index (χ0v) is 13.7. The number of hydrogen-bond acceptors (Lipinski definition) is 4. The van der Waals surface area contributed by atoms with Crippen LogP contribution >= 0.6 is 0 Å². The molecule has 0 radical (unpaired) electrons. The molecular weight excluding hydrogens is 278 g/mol. The average molecular weight is 303 g/mol. The standard InChI is InChI=1S/C17H25N3O2/c1-12-5-6-17(22-4)15(7-12)16(21)9-18-14(3)11-20-10-13(2)8-19-20/h5-8,10,14,16,18,21H,9,11H2,1-4H3/t14-,16+/m0/s1. The van der Waals surface area contributed by atoms with Crippen molar-refractivity contribution in [2.45, 2.75) is 39.5 Å². The van der Waals surface area contributed by atoms with E-state index in [-0.39, 0.29) is 6.04 Å². The van der Waals surface area contributed by atoms with Gasteiger partial charge in [-0.2, -0.15) is 5.10 Å². The number of nitrogens with one attached hydrogen (secondary N) is 1. The molecule has 0 amide bonds. The van der Waals surface area contributed by atoms with Gasteiger partial charge in [0.2, 0.25) is 0 Å². The molecule has 0 spiro atoms. The van der Waals surface area contributed by atoms with Gasteiger partial charge in [0.05, 0.1) is 26.0 Å². The van der Waals surface area contributed by atoms with E-state index in [4.69, 9.17) is 4.74 Å². The van der Waals surface area contributed by atoms with Gasteiger partial charge in [0.1, 0.15) is 5.75 Å². The molecule has 5 nitrogen and oxygen atoms in total. The Balaban J connectivity index is 1.92. The molecule has 0 fully saturated rings. The van der Waals surface area contributed by atoms with Crippen LogP contribution in [0.3, 0.4) is 0 Å². The van der Waals surface area contributed by atoms with Crippen molar-refractivity contribution < 1.29 is 9.84 Å². The van der Waals surface area contributed by atoms with Crippen LogP contribution in [0, 0.1) is 13.8 Å². The van der Waals surface area contributed by atoms with Gasteiger partial charge in [-0.3, -0.25) is 4.68 Å². The third kappa shape index (κ3) is 4.32. The summed E-state index contributed by atoms with van der Waals surface area (Å²) in [6.45, 7) is 7.35.